The monoisotopic (exact) mass is 301 g/mol. The van der Waals surface area contributed by atoms with Gasteiger partial charge in [0, 0.05) is 6.20 Å². The van der Waals surface area contributed by atoms with Crippen molar-refractivity contribution in [1.82, 2.24) is 4.98 Å². The van der Waals surface area contributed by atoms with E-state index in [-0.39, 0.29) is 10.3 Å². The van der Waals surface area contributed by atoms with Gasteiger partial charge in [-0.1, -0.05) is 0 Å². The van der Waals surface area contributed by atoms with E-state index >= 15 is 0 Å². The minimum atomic E-state index is -4.28. The number of primary sulfonamides is 1. The van der Waals surface area contributed by atoms with Crippen molar-refractivity contribution in [2.45, 2.75) is 11.3 Å². The van der Waals surface area contributed by atoms with Crippen LogP contribution >= 0.6 is 15.9 Å². The Kier molecular flexibility index (Phi) is 3.26. The quantitative estimate of drug-likeness (QED) is 0.851. The summed E-state index contributed by atoms with van der Waals surface area (Å²) >= 11 is 2.76. The lowest BCUT2D eigenvalue weighted by Gasteiger charge is -2.09. The van der Waals surface area contributed by atoms with Crippen LogP contribution in [-0.4, -0.2) is 13.4 Å². The summed E-state index contributed by atoms with van der Waals surface area (Å²) in [6, 6.07) is 0. The van der Waals surface area contributed by atoms with Gasteiger partial charge in [0.1, 0.15) is 10.7 Å². The summed E-state index contributed by atoms with van der Waals surface area (Å²) in [7, 11) is -4.28. The third-order valence-corrected chi connectivity index (χ3v) is 3.62. The van der Waals surface area contributed by atoms with Crippen LogP contribution in [0.2, 0.25) is 0 Å². The maximum absolute atomic E-state index is 12.4. The second kappa shape index (κ2) is 3.99. The number of sulfonamides is 1. The van der Waals surface area contributed by atoms with Crippen LogP contribution in [0.25, 0.3) is 0 Å². The normalized spacial score (nSPS) is 12.1. The molecule has 4 N–H and O–H groups in total. The molecule has 0 amide bonds. The first-order valence-corrected chi connectivity index (χ1v) is 5.84. The molecule has 0 atom stereocenters. The van der Waals surface area contributed by atoms with Crippen LogP contribution in [-0.2, 0) is 10.0 Å². The molecule has 0 unspecified atom stereocenters. The maximum Gasteiger partial charge on any atom is 0.266 e. The molecule has 9 heteroatoms. The highest BCUT2D eigenvalue weighted by Gasteiger charge is 2.25. The molecule has 0 saturated heterocycles. The van der Waals surface area contributed by atoms with Crippen molar-refractivity contribution < 1.29 is 17.2 Å². The fourth-order valence-electron chi connectivity index (χ4n) is 0.942. The fourth-order valence-corrected chi connectivity index (χ4v) is 2.77. The van der Waals surface area contributed by atoms with Gasteiger partial charge >= 0.3 is 0 Å². The molecule has 0 saturated carbocycles. The zero-order valence-corrected chi connectivity index (χ0v) is 9.52. The van der Waals surface area contributed by atoms with Crippen molar-refractivity contribution in [2.75, 3.05) is 5.73 Å². The first-order chi connectivity index (χ1) is 6.75. The van der Waals surface area contributed by atoms with Crippen molar-refractivity contribution in [2.24, 2.45) is 5.14 Å². The summed E-state index contributed by atoms with van der Waals surface area (Å²) in [4.78, 5) is 2.67. The molecular weight excluding hydrogens is 296 g/mol. The lowest BCUT2D eigenvalue weighted by atomic mass is 10.3. The largest absolute Gasteiger partial charge is 0.383 e. The number of anilines is 1. The highest BCUT2D eigenvalue weighted by molar-refractivity contribution is 9.10. The average molecular weight is 302 g/mol. The Labute approximate surface area is 92.7 Å². The van der Waals surface area contributed by atoms with Gasteiger partial charge in [0.05, 0.1) is 10.0 Å². The zero-order chi connectivity index (χ0) is 11.8. The molecule has 15 heavy (non-hydrogen) atoms. The summed E-state index contributed by atoms with van der Waals surface area (Å²) in [5.41, 5.74) is 4.48. The van der Waals surface area contributed by atoms with Crippen LogP contribution < -0.4 is 10.9 Å². The van der Waals surface area contributed by atoms with E-state index < -0.39 is 26.9 Å². The van der Waals surface area contributed by atoms with Gasteiger partial charge in [-0.15, -0.1) is 0 Å². The van der Waals surface area contributed by atoms with Crippen LogP contribution in [0.15, 0.2) is 15.6 Å². The Morgan fingerprint density at radius 2 is 2.00 bits per heavy atom. The minimum absolute atomic E-state index is 0.219. The number of halogens is 3. The average Bonchev–Trinajstić information content (AvgIpc) is 2.06. The zero-order valence-electron chi connectivity index (χ0n) is 7.12. The second-order valence-electron chi connectivity index (χ2n) is 2.59. The molecule has 0 spiro atoms. The van der Waals surface area contributed by atoms with Gasteiger partial charge in [0.2, 0.25) is 10.0 Å². The van der Waals surface area contributed by atoms with Crippen molar-refractivity contribution in [3.63, 3.8) is 0 Å². The summed E-state index contributed by atoms with van der Waals surface area (Å²) in [6.45, 7) is 0. The lowest BCUT2D eigenvalue weighted by molar-refractivity contribution is 0.147. The van der Waals surface area contributed by atoms with E-state index in [4.69, 9.17) is 10.9 Å². The predicted octanol–water partition coefficient (Wildman–Crippen LogP) is 1.01. The molecule has 1 heterocycles. The Bertz CT molecular complexity index is 491. The molecule has 1 rings (SSSR count). The van der Waals surface area contributed by atoms with Crippen LogP contribution in [0.4, 0.5) is 14.6 Å². The van der Waals surface area contributed by atoms with E-state index in [1.54, 1.807) is 0 Å². The molecule has 0 aliphatic rings. The van der Waals surface area contributed by atoms with Gasteiger partial charge in [0.15, 0.2) is 0 Å². The summed E-state index contributed by atoms with van der Waals surface area (Å²) in [5.74, 6) is -0.219. The number of pyridine rings is 1. The van der Waals surface area contributed by atoms with E-state index in [1.165, 1.54) is 0 Å². The molecule has 0 fully saturated rings. The van der Waals surface area contributed by atoms with E-state index in [0.717, 1.165) is 0 Å². The van der Waals surface area contributed by atoms with Gasteiger partial charge in [0.25, 0.3) is 6.43 Å². The Morgan fingerprint density at radius 1 is 1.47 bits per heavy atom. The van der Waals surface area contributed by atoms with Crippen LogP contribution in [0.5, 0.6) is 0 Å². The number of aromatic nitrogens is 1. The van der Waals surface area contributed by atoms with Crippen molar-refractivity contribution in [1.29, 1.82) is 0 Å². The number of nitrogens with two attached hydrogens (primary N) is 2. The molecule has 84 valence electrons. The van der Waals surface area contributed by atoms with Gasteiger partial charge in [-0.3, -0.25) is 0 Å². The number of rotatable bonds is 2. The summed E-state index contributed by atoms with van der Waals surface area (Å²) in [6.07, 6.45) is -2.31. The van der Waals surface area contributed by atoms with E-state index in [2.05, 4.69) is 20.9 Å². The first kappa shape index (κ1) is 12.3. The smallest absolute Gasteiger partial charge is 0.266 e. The molecular formula is C6H6BrF2N3O2S. The number of nitrogens with zero attached hydrogens (tertiary/aromatic N) is 1. The number of hydrogen-bond donors (Lipinski definition) is 2. The lowest BCUT2D eigenvalue weighted by Crippen LogP contribution is -2.17. The molecule has 0 aliphatic carbocycles. The highest BCUT2D eigenvalue weighted by Crippen LogP contribution is 2.33. The number of hydrogen-bond acceptors (Lipinski definition) is 4. The molecule has 5 nitrogen and oxygen atoms in total. The summed E-state index contributed by atoms with van der Waals surface area (Å²) in [5, 5.41) is 4.79. The Balaban J connectivity index is 3.65. The van der Waals surface area contributed by atoms with Gasteiger partial charge < -0.3 is 5.73 Å². The van der Waals surface area contributed by atoms with Crippen LogP contribution in [0.3, 0.4) is 0 Å². The minimum Gasteiger partial charge on any atom is -0.383 e. The van der Waals surface area contributed by atoms with Gasteiger partial charge in [-0.25, -0.2) is 27.3 Å². The van der Waals surface area contributed by atoms with Crippen LogP contribution in [0, 0.1) is 0 Å². The van der Waals surface area contributed by atoms with E-state index in [9.17, 15) is 17.2 Å². The Hall–Kier alpha value is -0.800. The molecule has 1 aromatic heterocycles. The van der Waals surface area contributed by atoms with E-state index in [1.807, 2.05) is 0 Å². The molecule has 0 bridgehead atoms. The standard InChI is InChI=1S/C6H6BrF2N3O2S/c7-3-4(15(11,13)14)2(5(8)9)1-12-6(3)10/h1,5H,(H2,10,12)(H2,11,13,14). The third-order valence-electron chi connectivity index (χ3n) is 1.55. The topological polar surface area (TPSA) is 99.1 Å². The van der Waals surface area contributed by atoms with Gasteiger partial charge in [-0.2, -0.15) is 0 Å². The van der Waals surface area contributed by atoms with Crippen molar-refractivity contribution in [3.05, 3.63) is 16.2 Å². The van der Waals surface area contributed by atoms with Crippen molar-refractivity contribution >= 4 is 31.8 Å². The summed E-state index contributed by atoms with van der Waals surface area (Å²) < 4.78 is 46.8. The van der Waals surface area contributed by atoms with Gasteiger partial charge in [-0.05, 0) is 15.9 Å². The fraction of sp³-hybridized carbons (Fsp3) is 0.167. The maximum atomic E-state index is 12.4. The predicted molar refractivity (Wildman–Crippen MR) is 52.7 cm³/mol. The number of alkyl halides is 2. The molecule has 0 aliphatic heterocycles. The molecule has 0 radical (unpaired) electrons. The molecule has 1 aromatic rings. The van der Waals surface area contributed by atoms with Crippen LogP contribution in [0.1, 0.15) is 12.0 Å². The van der Waals surface area contributed by atoms with Crippen molar-refractivity contribution in [3.8, 4) is 0 Å². The Morgan fingerprint density at radius 3 is 2.40 bits per heavy atom. The van der Waals surface area contributed by atoms with E-state index in [0.29, 0.717) is 6.20 Å². The second-order valence-corrected chi connectivity index (χ2v) is 4.88. The highest BCUT2D eigenvalue weighted by atomic mass is 79.9. The third kappa shape index (κ3) is 2.41. The first-order valence-electron chi connectivity index (χ1n) is 3.50. The SMILES string of the molecule is Nc1ncc(C(F)F)c(S(N)(=O)=O)c1Br. The molecule has 0 aromatic carbocycles. The number of nitrogen functional groups attached to an aromatic ring is 1.